The third kappa shape index (κ3) is 2.78. The number of rotatable bonds is 6. The molecule has 0 unspecified atom stereocenters. The molecule has 5 nitrogen and oxygen atoms in total. The van der Waals surface area contributed by atoms with Gasteiger partial charge in [-0.25, -0.2) is 13.1 Å². The molecule has 0 amide bonds. The fraction of sp³-hybridized carbons (Fsp3) is 0.684. The van der Waals surface area contributed by atoms with Gasteiger partial charge in [-0.05, 0) is 67.9 Å². The summed E-state index contributed by atoms with van der Waals surface area (Å²) in [5, 5.41) is 0. The Morgan fingerprint density at radius 1 is 1.04 bits per heavy atom. The van der Waals surface area contributed by atoms with E-state index in [1.54, 1.807) is 31.4 Å². The number of hydrogen-bond acceptors (Lipinski definition) is 4. The molecule has 1 aromatic carbocycles. The molecule has 4 aliphatic rings. The lowest BCUT2D eigenvalue weighted by Gasteiger charge is -2.60. The van der Waals surface area contributed by atoms with Gasteiger partial charge in [-0.3, -0.25) is 0 Å². The molecule has 0 spiro atoms. The monoisotopic (exact) mass is 365 g/mol. The number of nitrogens with one attached hydrogen (secondary N) is 1. The molecular weight excluding hydrogens is 338 g/mol. The molecule has 6 heteroatoms. The Labute approximate surface area is 150 Å². The smallest absolute Gasteiger partial charge is 0.244 e. The van der Waals surface area contributed by atoms with Gasteiger partial charge in [0.25, 0.3) is 0 Å². The van der Waals surface area contributed by atoms with E-state index in [1.165, 1.54) is 39.2 Å². The maximum absolute atomic E-state index is 12.9. The summed E-state index contributed by atoms with van der Waals surface area (Å²) in [6, 6.07) is 6.74. The molecule has 4 aliphatic carbocycles. The van der Waals surface area contributed by atoms with Crippen LogP contribution in [-0.4, -0.2) is 34.8 Å². The number of benzene rings is 1. The minimum atomic E-state index is -3.64. The maximum Gasteiger partial charge on any atom is 0.244 e. The highest BCUT2D eigenvalue weighted by Gasteiger charge is 2.57. The summed E-state index contributed by atoms with van der Waals surface area (Å²) in [5.41, 5.74) is -0.359. The summed E-state index contributed by atoms with van der Waals surface area (Å²) in [6.45, 7) is 0.346. The molecule has 25 heavy (non-hydrogen) atoms. The highest BCUT2D eigenvalue weighted by molar-refractivity contribution is 7.89. The van der Waals surface area contributed by atoms with E-state index in [0.717, 1.165) is 11.8 Å². The van der Waals surface area contributed by atoms with Gasteiger partial charge in [-0.1, -0.05) is 12.1 Å². The molecule has 0 radical (unpaired) electrons. The fourth-order valence-corrected chi connectivity index (χ4v) is 7.05. The van der Waals surface area contributed by atoms with E-state index < -0.39 is 10.0 Å². The van der Waals surface area contributed by atoms with Gasteiger partial charge in [0.05, 0.1) is 12.7 Å². The average Bonchev–Trinajstić information content (AvgIpc) is 2.61. The van der Waals surface area contributed by atoms with Crippen molar-refractivity contribution in [2.24, 2.45) is 23.7 Å². The van der Waals surface area contributed by atoms with Gasteiger partial charge in [0.1, 0.15) is 10.6 Å². The fourth-order valence-electron chi connectivity index (χ4n) is 5.80. The van der Waals surface area contributed by atoms with E-state index in [2.05, 4.69) is 4.72 Å². The molecule has 4 saturated carbocycles. The second kappa shape index (κ2) is 6.25. The van der Waals surface area contributed by atoms with Crippen LogP contribution in [-0.2, 0) is 14.8 Å². The van der Waals surface area contributed by atoms with Gasteiger partial charge in [-0.2, -0.15) is 0 Å². The first-order valence-electron chi connectivity index (χ1n) is 9.16. The number of ether oxygens (including phenoxy) is 2. The summed E-state index contributed by atoms with van der Waals surface area (Å²) in [7, 11) is -0.400. The van der Waals surface area contributed by atoms with Gasteiger partial charge in [0.15, 0.2) is 0 Å². The van der Waals surface area contributed by atoms with Gasteiger partial charge >= 0.3 is 0 Å². The molecule has 0 aromatic heterocycles. The minimum absolute atomic E-state index is 0.188. The lowest BCUT2D eigenvalue weighted by atomic mass is 9.50. The van der Waals surface area contributed by atoms with Crippen molar-refractivity contribution in [3.8, 4) is 5.75 Å². The van der Waals surface area contributed by atoms with Crippen molar-refractivity contribution in [1.82, 2.24) is 4.72 Å². The number of sulfonamides is 1. The lowest BCUT2D eigenvalue weighted by Crippen LogP contribution is -2.63. The highest BCUT2D eigenvalue weighted by atomic mass is 32.2. The largest absolute Gasteiger partial charge is 0.495 e. The Balaban J connectivity index is 1.57. The van der Waals surface area contributed by atoms with E-state index in [9.17, 15) is 8.42 Å². The third-order valence-electron chi connectivity index (χ3n) is 6.80. The topological polar surface area (TPSA) is 64.6 Å². The van der Waals surface area contributed by atoms with Gasteiger partial charge in [0, 0.05) is 13.7 Å². The van der Waals surface area contributed by atoms with Crippen molar-refractivity contribution in [2.75, 3.05) is 20.8 Å². The number of hydrogen-bond donors (Lipinski definition) is 1. The van der Waals surface area contributed by atoms with Crippen LogP contribution in [0.4, 0.5) is 0 Å². The second-order valence-electron chi connectivity index (χ2n) is 7.94. The van der Waals surface area contributed by atoms with Gasteiger partial charge in [0.2, 0.25) is 10.0 Å². The normalized spacial score (nSPS) is 36.6. The van der Waals surface area contributed by atoms with Gasteiger partial charge < -0.3 is 9.47 Å². The molecule has 4 bridgehead atoms. The molecule has 0 saturated heterocycles. The Hall–Kier alpha value is -1.11. The predicted octanol–water partition coefficient (Wildman–Crippen LogP) is 2.81. The van der Waals surface area contributed by atoms with Crippen LogP contribution < -0.4 is 9.46 Å². The summed E-state index contributed by atoms with van der Waals surface area (Å²) in [6.07, 6.45) is 6.07. The molecule has 1 N–H and O–H groups in total. The number of methoxy groups -OCH3 is 2. The highest BCUT2D eigenvalue weighted by Crippen LogP contribution is 2.59. The van der Waals surface area contributed by atoms with E-state index in [0.29, 0.717) is 24.1 Å². The van der Waals surface area contributed by atoms with Crippen LogP contribution in [0.1, 0.15) is 32.1 Å². The quantitative estimate of drug-likeness (QED) is 0.842. The molecule has 0 heterocycles. The van der Waals surface area contributed by atoms with Crippen LogP contribution in [0.3, 0.4) is 0 Å². The second-order valence-corrected chi connectivity index (χ2v) is 9.67. The Morgan fingerprint density at radius 2 is 1.64 bits per heavy atom. The third-order valence-corrected chi connectivity index (χ3v) is 8.24. The van der Waals surface area contributed by atoms with Crippen molar-refractivity contribution < 1.29 is 17.9 Å². The Morgan fingerprint density at radius 3 is 2.20 bits per heavy atom. The van der Waals surface area contributed by atoms with Crippen LogP contribution in [0.5, 0.6) is 5.75 Å². The van der Waals surface area contributed by atoms with E-state index in [-0.39, 0.29) is 10.5 Å². The van der Waals surface area contributed by atoms with Crippen molar-refractivity contribution in [1.29, 1.82) is 0 Å². The van der Waals surface area contributed by atoms with Crippen LogP contribution in [0, 0.1) is 23.7 Å². The summed E-state index contributed by atoms with van der Waals surface area (Å²) >= 11 is 0. The Bertz CT molecular complexity index is 718. The first kappa shape index (κ1) is 17.3. The van der Waals surface area contributed by atoms with E-state index >= 15 is 0 Å². The first-order chi connectivity index (χ1) is 12.0. The number of para-hydroxylation sites is 1. The standard InChI is InChI=1S/C19H27NO4S/c1-23-17-5-3-4-6-18(17)25(21,22)20-12-19(24-2)15-8-13-7-14(10-15)11-16(19)9-13/h3-6,13-16,20H,7-12H2,1-2H3. The molecule has 1 aromatic rings. The van der Waals surface area contributed by atoms with Crippen LogP contribution in [0.2, 0.25) is 0 Å². The summed E-state index contributed by atoms with van der Waals surface area (Å²) in [5.74, 6) is 2.93. The SMILES string of the molecule is COc1ccccc1S(=O)(=O)NCC1(OC)C2CC3CC(C2)CC1C3. The zero-order valence-electron chi connectivity index (χ0n) is 14.9. The Kier molecular flexibility index (Phi) is 4.33. The molecule has 4 fully saturated rings. The van der Waals surface area contributed by atoms with Crippen LogP contribution in [0.25, 0.3) is 0 Å². The van der Waals surface area contributed by atoms with Crippen LogP contribution >= 0.6 is 0 Å². The molecular formula is C19H27NO4S. The van der Waals surface area contributed by atoms with Crippen molar-refractivity contribution >= 4 is 10.0 Å². The van der Waals surface area contributed by atoms with Crippen LogP contribution in [0.15, 0.2) is 29.2 Å². The lowest BCUT2D eigenvalue weighted by molar-refractivity contribution is -0.185. The zero-order valence-corrected chi connectivity index (χ0v) is 15.7. The maximum atomic E-state index is 12.9. The van der Waals surface area contributed by atoms with Crippen molar-refractivity contribution in [2.45, 2.75) is 42.6 Å². The average molecular weight is 365 g/mol. The van der Waals surface area contributed by atoms with Gasteiger partial charge in [-0.15, -0.1) is 0 Å². The van der Waals surface area contributed by atoms with Crippen molar-refractivity contribution in [3.05, 3.63) is 24.3 Å². The summed E-state index contributed by atoms with van der Waals surface area (Å²) < 4.78 is 39.8. The zero-order chi connectivity index (χ0) is 17.7. The minimum Gasteiger partial charge on any atom is -0.495 e. The molecule has 0 atom stereocenters. The summed E-state index contributed by atoms with van der Waals surface area (Å²) in [4.78, 5) is 0.188. The first-order valence-corrected chi connectivity index (χ1v) is 10.6. The molecule has 0 aliphatic heterocycles. The van der Waals surface area contributed by atoms with E-state index in [1.807, 2.05) is 0 Å². The molecule has 5 rings (SSSR count). The van der Waals surface area contributed by atoms with E-state index in [4.69, 9.17) is 9.47 Å². The molecule has 138 valence electrons. The van der Waals surface area contributed by atoms with Crippen molar-refractivity contribution in [3.63, 3.8) is 0 Å². The predicted molar refractivity (Wildman–Crippen MR) is 95.0 cm³/mol.